The number of ether oxygens (including phenoxy) is 2. The fourth-order valence-corrected chi connectivity index (χ4v) is 2.04. The van der Waals surface area contributed by atoms with Crippen LogP contribution in [0.1, 0.15) is 11.1 Å². The van der Waals surface area contributed by atoms with Gasteiger partial charge in [-0.25, -0.2) is 0 Å². The van der Waals surface area contributed by atoms with E-state index in [1.165, 1.54) is 25.5 Å². The highest BCUT2D eigenvalue weighted by Crippen LogP contribution is 2.31. The number of para-hydroxylation sites is 1. The third-order valence-corrected chi connectivity index (χ3v) is 3.23. The molecule has 9 heteroatoms. The monoisotopic (exact) mass is 360 g/mol. The van der Waals surface area contributed by atoms with Gasteiger partial charge < -0.3 is 15.2 Å². The van der Waals surface area contributed by atoms with Crippen molar-refractivity contribution in [3.63, 3.8) is 0 Å². The third kappa shape index (κ3) is 5.15. The largest absolute Gasteiger partial charge is 0.493 e. The molecule has 0 aromatic heterocycles. The zero-order valence-electron chi connectivity index (χ0n) is 13.3. The number of methoxy groups -OCH3 is 1. The van der Waals surface area contributed by atoms with Crippen LogP contribution in [0.3, 0.4) is 0 Å². The Morgan fingerprint density at radius 3 is 2.68 bits per heavy atom. The maximum atomic E-state index is 10.7. The Balaban J connectivity index is 2.17. The summed E-state index contributed by atoms with van der Waals surface area (Å²) in [6.07, 6.45) is 1.51. The molecule has 0 fully saturated rings. The van der Waals surface area contributed by atoms with E-state index in [2.05, 4.69) is 22.7 Å². The Bertz CT molecular complexity index is 793. The quantitative estimate of drug-likeness (QED) is 0.337. The van der Waals surface area contributed by atoms with Gasteiger partial charge in [0.25, 0.3) is 5.69 Å². The summed E-state index contributed by atoms with van der Waals surface area (Å²) < 4.78 is 11.1. The molecule has 0 saturated carbocycles. The number of nitrogens with one attached hydrogen (secondary N) is 1. The summed E-state index contributed by atoms with van der Waals surface area (Å²) in [4.78, 5) is 10.2. The van der Waals surface area contributed by atoms with Crippen LogP contribution in [0.25, 0.3) is 0 Å². The molecule has 2 aromatic carbocycles. The standard InChI is InChI=1S/C16H16N4O4S/c1-23-14-4-2-3-12(9-18-19-16(17)25)15(14)24-10-11-5-7-13(8-6-11)20(21)22/h2-9H,10H2,1H3,(H3,17,19,25)/b18-9-. The predicted octanol–water partition coefficient (Wildman–Crippen LogP) is 2.35. The molecular weight excluding hydrogens is 344 g/mol. The van der Waals surface area contributed by atoms with Crippen molar-refractivity contribution in [2.24, 2.45) is 10.8 Å². The Hall–Kier alpha value is -3.20. The van der Waals surface area contributed by atoms with Gasteiger partial charge in [-0.1, -0.05) is 6.07 Å². The van der Waals surface area contributed by atoms with Crippen molar-refractivity contribution in [3.05, 3.63) is 63.7 Å². The minimum Gasteiger partial charge on any atom is -0.493 e. The maximum absolute atomic E-state index is 10.7. The van der Waals surface area contributed by atoms with Crippen molar-refractivity contribution >= 4 is 29.2 Å². The second-order valence-corrected chi connectivity index (χ2v) is 5.26. The number of rotatable bonds is 7. The van der Waals surface area contributed by atoms with Gasteiger partial charge in [0.2, 0.25) is 0 Å². The van der Waals surface area contributed by atoms with Crippen LogP contribution in [0, 0.1) is 10.1 Å². The molecule has 0 saturated heterocycles. The lowest BCUT2D eigenvalue weighted by atomic mass is 10.2. The van der Waals surface area contributed by atoms with E-state index in [-0.39, 0.29) is 17.4 Å². The SMILES string of the molecule is COc1cccc(/C=N\NC(N)=S)c1OCc1ccc([N+](=O)[O-])cc1. The highest BCUT2D eigenvalue weighted by molar-refractivity contribution is 7.80. The van der Waals surface area contributed by atoms with E-state index >= 15 is 0 Å². The number of hydrogen-bond acceptors (Lipinski definition) is 6. The van der Waals surface area contributed by atoms with Crippen LogP contribution in [-0.2, 0) is 6.61 Å². The summed E-state index contributed by atoms with van der Waals surface area (Å²) in [5, 5.41) is 14.6. The first-order valence-corrected chi connectivity index (χ1v) is 7.53. The van der Waals surface area contributed by atoms with Crippen LogP contribution in [0.2, 0.25) is 0 Å². The van der Waals surface area contributed by atoms with Crippen molar-refractivity contribution in [1.82, 2.24) is 5.43 Å². The highest BCUT2D eigenvalue weighted by atomic mass is 32.1. The zero-order valence-corrected chi connectivity index (χ0v) is 14.2. The number of non-ortho nitro benzene ring substituents is 1. The molecule has 0 heterocycles. The number of nitrogens with zero attached hydrogens (tertiary/aromatic N) is 2. The predicted molar refractivity (Wildman–Crippen MR) is 97.9 cm³/mol. The first-order chi connectivity index (χ1) is 12.0. The van der Waals surface area contributed by atoms with Gasteiger partial charge >= 0.3 is 0 Å². The lowest BCUT2D eigenvalue weighted by Crippen LogP contribution is -2.24. The summed E-state index contributed by atoms with van der Waals surface area (Å²) in [7, 11) is 1.53. The number of nitro groups is 1. The van der Waals surface area contributed by atoms with Gasteiger partial charge in [0.1, 0.15) is 6.61 Å². The van der Waals surface area contributed by atoms with E-state index in [0.717, 1.165) is 5.56 Å². The lowest BCUT2D eigenvalue weighted by Gasteiger charge is -2.13. The van der Waals surface area contributed by atoms with Crippen LogP contribution >= 0.6 is 12.2 Å². The van der Waals surface area contributed by atoms with Crippen LogP contribution in [0.4, 0.5) is 5.69 Å². The van der Waals surface area contributed by atoms with Crippen molar-refractivity contribution in [3.8, 4) is 11.5 Å². The fourth-order valence-electron chi connectivity index (χ4n) is 1.98. The minimum atomic E-state index is -0.450. The smallest absolute Gasteiger partial charge is 0.269 e. The molecule has 0 radical (unpaired) electrons. The van der Waals surface area contributed by atoms with Crippen molar-refractivity contribution < 1.29 is 14.4 Å². The summed E-state index contributed by atoms with van der Waals surface area (Å²) in [5.41, 5.74) is 9.25. The molecule has 8 nitrogen and oxygen atoms in total. The van der Waals surface area contributed by atoms with Crippen molar-refractivity contribution in [2.75, 3.05) is 7.11 Å². The molecular formula is C16H16N4O4S. The van der Waals surface area contributed by atoms with Gasteiger partial charge in [-0.2, -0.15) is 5.10 Å². The van der Waals surface area contributed by atoms with Crippen molar-refractivity contribution in [1.29, 1.82) is 0 Å². The molecule has 0 bridgehead atoms. The van der Waals surface area contributed by atoms with Gasteiger partial charge in [0, 0.05) is 17.7 Å². The van der Waals surface area contributed by atoms with E-state index < -0.39 is 4.92 Å². The van der Waals surface area contributed by atoms with Crippen LogP contribution in [-0.4, -0.2) is 23.4 Å². The maximum Gasteiger partial charge on any atom is 0.269 e. The molecule has 0 unspecified atom stereocenters. The van der Waals surface area contributed by atoms with Crippen molar-refractivity contribution in [2.45, 2.75) is 6.61 Å². The molecule has 0 aliphatic carbocycles. The lowest BCUT2D eigenvalue weighted by molar-refractivity contribution is -0.384. The molecule has 0 aliphatic heterocycles. The molecule has 2 aromatic rings. The molecule has 2 rings (SSSR count). The second-order valence-electron chi connectivity index (χ2n) is 4.83. The first kappa shape index (κ1) is 18.1. The average molecular weight is 360 g/mol. The third-order valence-electron chi connectivity index (χ3n) is 3.14. The fraction of sp³-hybridized carbons (Fsp3) is 0.125. The first-order valence-electron chi connectivity index (χ1n) is 7.13. The number of hydrazone groups is 1. The van der Waals surface area contributed by atoms with Gasteiger partial charge in [-0.3, -0.25) is 15.5 Å². The second kappa shape index (κ2) is 8.60. The molecule has 3 N–H and O–H groups in total. The molecule has 0 amide bonds. The molecule has 0 aliphatic rings. The molecule has 0 atom stereocenters. The van der Waals surface area contributed by atoms with Crippen LogP contribution in [0.5, 0.6) is 11.5 Å². The number of nitro benzene ring substituents is 1. The molecule has 25 heavy (non-hydrogen) atoms. The van der Waals surface area contributed by atoms with Gasteiger partial charge in [-0.15, -0.1) is 0 Å². The van der Waals surface area contributed by atoms with Gasteiger partial charge in [0.15, 0.2) is 16.6 Å². The number of hydrogen-bond donors (Lipinski definition) is 2. The topological polar surface area (TPSA) is 112 Å². The van der Waals surface area contributed by atoms with E-state index in [1.54, 1.807) is 30.3 Å². The van der Waals surface area contributed by atoms with E-state index in [1.807, 2.05) is 0 Å². The number of nitrogens with two attached hydrogens (primary N) is 1. The van der Waals surface area contributed by atoms with E-state index in [9.17, 15) is 10.1 Å². The number of thiocarbonyl (C=S) groups is 1. The Morgan fingerprint density at radius 1 is 1.36 bits per heavy atom. The Labute approximate surface area is 149 Å². The Morgan fingerprint density at radius 2 is 2.08 bits per heavy atom. The molecule has 130 valence electrons. The summed E-state index contributed by atoms with van der Waals surface area (Å²) >= 11 is 4.69. The highest BCUT2D eigenvalue weighted by Gasteiger charge is 2.10. The van der Waals surface area contributed by atoms with Crippen LogP contribution in [0.15, 0.2) is 47.6 Å². The normalized spacial score (nSPS) is 10.4. The zero-order chi connectivity index (χ0) is 18.2. The average Bonchev–Trinajstić information content (AvgIpc) is 2.60. The van der Waals surface area contributed by atoms with Gasteiger partial charge in [0.05, 0.1) is 18.2 Å². The minimum absolute atomic E-state index is 0.0256. The van der Waals surface area contributed by atoms with Crippen LogP contribution < -0.4 is 20.6 Å². The summed E-state index contributed by atoms with van der Waals surface area (Å²) in [6.45, 7) is 0.210. The Kier molecular flexibility index (Phi) is 6.24. The molecule has 0 spiro atoms. The van der Waals surface area contributed by atoms with E-state index in [0.29, 0.717) is 17.1 Å². The summed E-state index contributed by atoms with van der Waals surface area (Å²) in [6, 6.07) is 11.5. The summed E-state index contributed by atoms with van der Waals surface area (Å²) in [5.74, 6) is 1.01. The number of benzene rings is 2. The van der Waals surface area contributed by atoms with Gasteiger partial charge in [-0.05, 0) is 42.0 Å². The van der Waals surface area contributed by atoms with E-state index in [4.69, 9.17) is 15.2 Å².